The molecule has 1 aliphatic heterocycles. The summed E-state index contributed by atoms with van der Waals surface area (Å²) in [5.41, 5.74) is 2.32. The number of hydrogen-bond acceptors (Lipinski definition) is 4. The monoisotopic (exact) mass is 435 g/mol. The molecule has 0 atom stereocenters. The highest BCUT2D eigenvalue weighted by Crippen LogP contribution is 2.42. The van der Waals surface area contributed by atoms with Crippen LogP contribution in [-0.2, 0) is 9.59 Å². The van der Waals surface area contributed by atoms with Gasteiger partial charge < -0.3 is 4.74 Å². The van der Waals surface area contributed by atoms with Crippen LogP contribution in [0.3, 0.4) is 0 Å². The Labute approximate surface area is 184 Å². The van der Waals surface area contributed by atoms with Gasteiger partial charge in [0.05, 0.1) is 23.3 Å². The second-order valence-corrected chi connectivity index (χ2v) is 8.24. The number of hydrogen-bond donors (Lipinski definition) is 0. The van der Waals surface area contributed by atoms with E-state index in [1.165, 1.54) is 16.7 Å². The fourth-order valence-electron chi connectivity index (χ4n) is 3.27. The number of thioether (sulfide) groups is 1. The Hall–Kier alpha value is -3.02. The molecule has 3 aromatic carbocycles. The number of carbonyl (C=O) groups excluding carboxylic acids is 2. The van der Waals surface area contributed by atoms with Gasteiger partial charge in [0, 0.05) is 9.92 Å². The molecule has 0 N–H and O–H groups in total. The van der Waals surface area contributed by atoms with Crippen molar-refractivity contribution in [1.29, 1.82) is 0 Å². The van der Waals surface area contributed by atoms with Crippen LogP contribution in [0.5, 0.6) is 5.75 Å². The van der Waals surface area contributed by atoms with Crippen LogP contribution in [0.1, 0.15) is 11.1 Å². The molecule has 0 saturated carbocycles. The molecule has 0 spiro atoms. The average Bonchev–Trinajstić information content (AvgIpc) is 3.00. The zero-order valence-corrected chi connectivity index (χ0v) is 18.0. The van der Waals surface area contributed by atoms with Gasteiger partial charge in [-0.1, -0.05) is 59.8 Å². The van der Waals surface area contributed by atoms with Crippen LogP contribution in [0, 0.1) is 6.92 Å². The van der Waals surface area contributed by atoms with E-state index >= 15 is 0 Å². The van der Waals surface area contributed by atoms with E-state index in [2.05, 4.69) is 0 Å². The summed E-state index contributed by atoms with van der Waals surface area (Å²) in [4.78, 5) is 29.4. The average molecular weight is 436 g/mol. The molecule has 0 aromatic heterocycles. The summed E-state index contributed by atoms with van der Waals surface area (Å²) in [6.45, 7) is 1.85. The number of anilines is 1. The van der Waals surface area contributed by atoms with Crippen molar-refractivity contribution in [3.63, 3.8) is 0 Å². The van der Waals surface area contributed by atoms with Crippen LogP contribution >= 0.6 is 23.4 Å². The number of halogens is 1. The molecule has 4 rings (SSSR count). The smallest absolute Gasteiger partial charge is 0.272 e. The second-order valence-electron chi connectivity index (χ2n) is 6.72. The molecule has 6 heteroatoms. The minimum absolute atomic E-state index is 0.356. The van der Waals surface area contributed by atoms with Gasteiger partial charge in [0.25, 0.3) is 11.8 Å². The van der Waals surface area contributed by atoms with Gasteiger partial charge in [-0.05, 0) is 54.4 Å². The van der Waals surface area contributed by atoms with Crippen LogP contribution in [0.25, 0.3) is 5.57 Å². The van der Waals surface area contributed by atoms with E-state index in [1.54, 1.807) is 49.6 Å². The van der Waals surface area contributed by atoms with Gasteiger partial charge >= 0.3 is 0 Å². The number of benzene rings is 3. The molecule has 2 amide bonds. The molecular weight excluding hydrogens is 418 g/mol. The number of imide groups is 1. The van der Waals surface area contributed by atoms with Crippen molar-refractivity contribution in [3.8, 4) is 5.75 Å². The molecular formula is C24H18ClNO3S. The maximum atomic E-state index is 13.5. The number of carbonyl (C=O) groups is 2. The largest absolute Gasteiger partial charge is 0.497 e. The highest BCUT2D eigenvalue weighted by molar-refractivity contribution is 8.04. The minimum Gasteiger partial charge on any atom is -0.497 e. The number of ether oxygens (including phenoxy) is 1. The van der Waals surface area contributed by atoms with Crippen LogP contribution in [-0.4, -0.2) is 18.9 Å². The summed E-state index contributed by atoms with van der Waals surface area (Å²) in [5, 5.41) is 0.464. The van der Waals surface area contributed by atoms with Gasteiger partial charge in [-0.2, -0.15) is 0 Å². The first-order valence-electron chi connectivity index (χ1n) is 9.26. The summed E-state index contributed by atoms with van der Waals surface area (Å²) >= 11 is 7.45. The minimum atomic E-state index is -0.367. The molecule has 4 nitrogen and oxygen atoms in total. The lowest BCUT2D eigenvalue weighted by Gasteiger charge is -2.18. The molecule has 0 unspecified atom stereocenters. The Morgan fingerprint density at radius 1 is 0.900 bits per heavy atom. The Kier molecular flexibility index (Phi) is 5.66. The first-order chi connectivity index (χ1) is 14.5. The quantitative estimate of drug-likeness (QED) is 0.480. The molecule has 150 valence electrons. The Morgan fingerprint density at radius 3 is 2.27 bits per heavy atom. The molecule has 1 heterocycles. The number of nitrogens with zero attached hydrogens (tertiary/aromatic N) is 1. The van der Waals surface area contributed by atoms with Crippen molar-refractivity contribution in [1.82, 2.24) is 0 Å². The van der Waals surface area contributed by atoms with Crippen molar-refractivity contribution in [2.24, 2.45) is 0 Å². The summed E-state index contributed by atoms with van der Waals surface area (Å²) < 4.78 is 5.22. The number of amides is 2. The lowest BCUT2D eigenvalue weighted by molar-refractivity contribution is -0.119. The van der Waals surface area contributed by atoms with E-state index < -0.39 is 0 Å². The van der Waals surface area contributed by atoms with Gasteiger partial charge in [0.2, 0.25) is 0 Å². The van der Waals surface area contributed by atoms with E-state index in [9.17, 15) is 9.59 Å². The highest BCUT2D eigenvalue weighted by Gasteiger charge is 2.41. The summed E-state index contributed by atoms with van der Waals surface area (Å²) in [7, 11) is 1.58. The van der Waals surface area contributed by atoms with Crippen molar-refractivity contribution in [3.05, 3.63) is 93.9 Å². The molecule has 0 radical (unpaired) electrons. The normalized spacial score (nSPS) is 13.9. The fraction of sp³-hybridized carbons (Fsp3) is 0.0833. The van der Waals surface area contributed by atoms with E-state index in [1.807, 2.05) is 37.3 Å². The zero-order chi connectivity index (χ0) is 21.3. The molecule has 0 bridgehead atoms. The zero-order valence-electron chi connectivity index (χ0n) is 16.4. The van der Waals surface area contributed by atoms with Gasteiger partial charge in [-0.3, -0.25) is 9.59 Å². The third-order valence-electron chi connectivity index (χ3n) is 4.80. The molecule has 0 fully saturated rings. The fourth-order valence-corrected chi connectivity index (χ4v) is 4.45. The second kappa shape index (κ2) is 8.38. The van der Waals surface area contributed by atoms with E-state index in [0.717, 1.165) is 10.5 Å². The predicted octanol–water partition coefficient (Wildman–Crippen LogP) is 5.73. The van der Waals surface area contributed by atoms with Crippen LogP contribution in [0.2, 0.25) is 5.02 Å². The summed E-state index contributed by atoms with van der Waals surface area (Å²) in [5.74, 6) is -0.0464. The van der Waals surface area contributed by atoms with Crippen LogP contribution < -0.4 is 9.64 Å². The highest BCUT2D eigenvalue weighted by atomic mass is 35.5. The molecule has 3 aromatic rings. The maximum Gasteiger partial charge on any atom is 0.272 e. The van der Waals surface area contributed by atoms with E-state index in [4.69, 9.17) is 16.3 Å². The number of rotatable bonds is 5. The molecule has 30 heavy (non-hydrogen) atoms. The Morgan fingerprint density at radius 2 is 1.60 bits per heavy atom. The third-order valence-corrected chi connectivity index (χ3v) is 6.12. The topological polar surface area (TPSA) is 46.6 Å². The Balaban J connectivity index is 1.84. The van der Waals surface area contributed by atoms with Gasteiger partial charge in [0.1, 0.15) is 5.75 Å². The van der Waals surface area contributed by atoms with Crippen molar-refractivity contribution in [2.75, 3.05) is 12.0 Å². The Bertz CT molecular complexity index is 1160. The van der Waals surface area contributed by atoms with Crippen molar-refractivity contribution >= 4 is 46.4 Å². The lowest BCUT2D eigenvalue weighted by Crippen LogP contribution is -2.31. The lowest BCUT2D eigenvalue weighted by atomic mass is 10.1. The van der Waals surface area contributed by atoms with E-state index in [-0.39, 0.29) is 11.8 Å². The SMILES string of the molecule is COc1ccc(C2=C(Sc3ccccc3)C(=O)N(c3cc(Cl)ccc3C)C2=O)cc1. The van der Waals surface area contributed by atoms with Crippen LogP contribution in [0.4, 0.5) is 5.69 Å². The summed E-state index contributed by atoms with van der Waals surface area (Å²) in [6, 6.07) is 21.8. The third kappa shape index (κ3) is 3.74. The first-order valence-corrected chi connectivity index (χ1v) is 10.5. The predicted molar refractivity (Wildman–Crippen MR) is 121 cm³/mol. The summed E-state index contributed by atoms with van der Waals surface area (Å²) in [6.07, 6.45) is 0. The van der Waals surface area contributed by atoms with Crippen molar-refractivity contribution in [2.45, 2.75) is 11.8 Å². The van der Waals surface area contributed by atoms with Crippen molar-refractivity contribution < 1.29 is 14.3 Å². The maximum absolute atomic E-state index is 13.5. The number of aryl methyl sites for hydroxylation is 1. The number of methoxy groups -OCH3 is 1. The first kappa shape index (κ1) is 20.3. The molecule has 1 aliphatic rings. The van der Waals surface area contributed by atoms with Gasteiger partial charge in [0.15, 0.2) is 0 Å². The van der Waals surface area contributed by atoms with Crippen LogP contribution in [0.15, 0.2) is 82.6 Å². The van der Waals surface area contributed by atoms with Gasteiger partial charge in [-0.25, -0.2) is 4.90 Å². The molecule has 0 saturated heterocycles. The standard InChI is InChI=1S/C24H18ClNO3S/c1-15-8-11-17(25)14-20(15)26-23(27)21(16-9-12-18(29-2)13-10-16)22(24(26)28)30-19-6-4-3-5-7-19/h3-14H,1-2H3. The molecule has 0 aliphatic carbocycles. The van der Waals surface area contributed by atoms with Gasteiger partial charge in [-0.15, -0.1) is 0 Å². The van der Waals surface area contributed by atoms with E-state index in [0.29, 0.717) is 32.5 Å².